The van der Waals surface area contributed by atoms with Gasteiger partial charge in [0.25, 0.3) is 0 Å². The standard InChI is InChI=1S/C13H24N2O2S/c1-10(16)11-2-5-15(6-3-11)13(17)8-12-9-18-7-4-14-12/h10-12,14,16H,2-9H2,1H3. The summed E-state index contributed by atoms with van der Waals surface area (Å²) in [6.07, 6.45) is 2.28. The molecule has 2 rings (SSSR count). The third-order valence-corrected chi connectivity index (χ3v) is 5.12. The molecule has 0 bridgehead atoms. The average molecular weight is 272 g/mol. The van der Waals surface area contributed by atoms with Gasteiger partial charge in [-0.3, -0.25) is 4.79 Å². The van der Waals surface area contributed by atoms with Gasteiger partial charge in [0.05, 0.1) is 6.10 Å². The van der Waals surface area contributed by atoms with Crippen LogP contribution >= 0.6 is 11.8 Å². The van der Waals surface area contributed by atoms with Gasteiger partial charge in [0, 0.05) is 43.6 Å². The molecule has 2 heterocycles. The van der Waals surface area contributed by atoms with E-state index in [0.717, 1.165) is 44.0 Å². The summed E-state index contributed by atoms with van der Waals surface area (Å²) >= 11 is 1.93. The van der Waals surface area contributed by atoms with Crippen molar-refractivity contribution in [3.63, 3.8) is 0 Å². The van der Waals surface area contributed by atoms with Gasteiger partial charge in [-0.1, -0.05) is 0 Å². The van der Waals surface area contributed by atoms with Crippen LogP contribution in [0.1, 0.15) is 26.2 Å². The molecule has 104 valence electrons. The Labute approximate surface area is 113 Å². The maximum Gasteiger partial charge on any atom is 0.224 e. The Bertz CT molecular complexity index is 272. The lowest BCUT2D eigenvalue weighted by Crippen LogP contribution is -2.45. The number of carbonyl (C=O) groups is 1. The number of aliphatic hydroxyl groups excluding tert-OH is 1. The Morgan fingerprint density at radius 3 is 2.78 bits per heavy atom. The minimum absolute atomic E-state index is 0.237. The van der Waals surface area contributed by atoms with Crippen molar-refractivity contribution in [3.8, 4) is 0 Å². The lowest BCUT2D eigenvalue weighted by Gasteiger charge is -2.34. The topological polar surface area (TPSA) is 52.6 Å². The van der Waals surface area contributed by atoms with Crippen LogP contribution < -0.4 is 5.32 Å². The number of piperidine rings is 1. The Kier molecular flexibility index (Phi) is 5.33. The number of hydrogen-bond donors (Lipinski definition) is 2. The van der Waals surface area contributed by atoms with E-state index >= 15 is 0 Å². The first-order chi connectivity index (χ1) is 8.66. The minimum Gasteiger partial charge on any atom is -0.393 e. The van der Waals surface area contributed by atoms with Crippen LogP contribution in [-0.2, 0) is 4.79 Å². The Morgan fingerprint density at radius 1 is 1.50 bits per heavy atom. The molecule has 0 aromatic rings. The molecule has 2 saturated heterocycles. The van der Waals surface area contributed by atoms with Gasteiger partial charge in [0.1, 0.15) is 0 Å². The van der Waals surface area contributed by atoms with Gasteiger partial charge < -0.3 is 15.3 Å². The third kappa shape index (κ3) is 3.87. The average Bonchev–Trinajstić information content (AvgIpc) is 2.40. The first kappa shape index (κ1) is 14.2. The zero-order valence-electron chi connectivity index (χ0n) is 11.1. The van der Waals surface area contributed by atoms with Crippen LogP contribution in [0.25, 0.3) is 0 Å². The van der Waals surface area contributed by atoms with E-state index in [4.69, 9.17) is 0 Å². The molecular formula is C13H24N2O2S. The predicted molar refractivity (Wildman–Crippen MR) is 74.7 cm³/mol. The van der Waals surface area contributed by atoms with E-state index in [2.05, 4.69) is 5.32 Å². The summed E-state index contributed by atoms with van der Waals surface area (Å²) in [5.41, 5.74) is 0. The number of hydrogen-bond acceptors (Lipinski definition) is 4. The molecule has 4 nitrogen and oxygen atoms in total. The summed E-state index contributed by atoms with van der Waals surface area (Å²) in [7, 11) is 0. The number of amides is 1. The summed E-state index contributed by atoms with van der Waals surface area (Å²) in [6, 6.07) is 0.353. The van der Waals surface area contributed by atoms with Gasteiger partial charge in [0.2, 0.25) is 5.91 Å². The van der Waals surface area contributed by atoms with E-state index in [0.29, 0.717) is 18.4 Å². The molecule has 1 amide bonds. The van der Waals surface area contributed by atoms with Gasteiger partial charge in [0.15, 0.2) is 0 Å². The van der Waals surface area contributed by atoms with E-state index < -0.39 is 0 Å². The number of rotatable bonds is 3. The van der Waals surface area contributed by atoms with E-state index in [1.54, 1.807) is 0 Å². The van der Waals surface area contributed by atoms with E-state index in [9.17, 15) is 9.90 Å². The van der Waals surface area contributed by atoms with Crippen molar-refractivity contribution in [3.05, 3.63) is 0 Å². The number of likely N-dealkylation sites (tertiary alicyclic amines) is 1. The quantitative estimate of drug-likeness (QED) is 0.794. The van der Waals surface area contributed by atoms with Crippen molar-refractivity contribution in [2.45, 2.75) is 38.3 Å². The third-order valence-electron chi connectivity index (χ3n) is 3.99. The lowest BCUT2D eigenvalue weighted by molar-refractivity contribution is -0.133. The first-order valence-corrected chi connectivity index (χ1v) is 8.09. The molecule has 2 N–H and O–H groups in total. The van der Waals surface area contributed by atoms with Gasteiger partial charge in [-0.2, -0.15) is 11.8 Å². The molecule has 0 saturated carbocycles. The largest absolute Gasteiger partial charge is 0.393 e. The Balaban J connectivity index is 1.73. The second-order valence-electron chi connectivity index (χ2n) is 5.39. The first-order valence-electron chi connectivity index (χ1n) is 6.94. The molecule has 2 aliphatic heterocycles. The maximum absolute atomic E-state index is 12.2. The fraction of sp³-hybridized carbons (Fsp3) is 0.923. The van der Waals surface area contributed by atoms with Gasteiger partial charge in [-0.15, -0.1) is 0 Å². The number of carbonyl (C=O) groups excluding carboxylic acids is 1. The monoisotopic (exact) mass is 272 g/mol. The van der Waals surface area contributed by atoms with Crippen LogP contribution in [0.2, 0.25) is 0 Å². The van der Waals surface area contributed by atoms with Crippen LogP contribution in [-0.4, -0.2) is 59.2 Å². The van der Waals surface area contributed by atoms with Crippen LogP contribution in [0.5, 0.6) is 0 Å². The SMILES string of the molecule is CC(O)C1CCN(C(=O)CC2CSCCN2)CC1. The van der Waals surface area contributed by atoms with Gasteiger partial charge in [-0.25, -0.2) is 0 Å². The summed E-state index contributed by atoms with van der Waals surface area (Å²) in [5.74, 6) is 2.86. The molecule has 18 heavy (non-hydrogen) atoms. The molecule has 0 aromatic heterocycles. The fourth-order valence-electron chi connectivity index (χ4n) is 2.72. The Morgan fingerprint density at radius 2 is 2.22 bits per heavy atom. The van der Waals surface area contributed by atoms with Crippen molar-refractivity contribution in [2.24, 2.45) is 5.92 Å². The van der Waals surface area contributed by atoms with Crippen molar-refractivity contribution in [2.75, 3.05) is 31.1 Å². The van der Waals surface area contributed by atoms with E-state index in [1.807, 2.05) is 23.6 Å². The van der Waals surface area contributed by atoms with Crippen LogP contribution in [0.4, 0.5) is 0 Å². The van der Waals surface area contributed by atoms with Crippen molar-refractivity contribution < 1.29 is 9.90 Å². The van der Waals surface area contributed by atoms with Crippen LogP contribution in [0.3, 0.4) is 0 Å². The van der Waals surface area contributed by atoms with Crippen molar-refractivity contribution in [1.82, 2.24) is 10.2 Å². The van der Waals surface area contributed by atoms with E-state index in [1.165, 1.54) is 0 Å². The molecule has 0 aliphatic carbocycles. The zero-order valence-corrected chi connectivity index (χ0v) is 11.9. The highest BCUT2D eigenvalue weighted by Gasteiger charge is 2.27. The van der Waals surface area contributed by atoms with Gasteiger partial charge >= 0.3 is 0 Å². The van der Waals surface area contributed by atoms with Crippen LogP contribution in [0, 0.1) is 5.92 Å². The summed E-state index contributed by atoms with van der Waals surface area (Å²) in [5, 5.41) is 13.0. The molecule has 0 radical (unpaired) electrons. The molecular weight excluding hydrogens is 248 g/mol. The molecule has 5 heteroatoms. The van der Waals surface area contributed by atoms with Crippen molar-refractivity contribution in [1.29, 1.82) is 0 Å². The normalized spacial score (nSPS) is 28.1. The van der Waals surface area contributed by atoms with Crippen molar-refractivity contribution >= 4 is 17.7 Å². The number of thioether (sulfide) groups is 1. The highest BCUT2D eigenvalue weighted by molar-refractivity contribution is 7.99. The Hall–Kier alpha value is -0.260. The minimum atomic E-state index is -0.237. The number of nitrogens with zero attached hydrogens (tertiary/aromatic N) is 1. The molecule has 0 spiro atoms. The molecule has 0 aromatic carbocycles. The fourth-order valence-corrected chi connectivity index (χ4v) is 3.67. The second kappa shape index (κ2) is 6.78. The molecule has 2 fully saturated rings. The number of nitrogens with one attached hydrogen (secondary N) is 1. The maximum atomic E-state index is 12.2. The van der Waals surface area contributed by atoms with Crippen LogP contribution in [0.15, 0.2) is 0 Å². The molecule has 2 aliphatic rings. The summed E-state index contributed by atoms with van der Waals surface area (Å²) in [4.78, 5) is 14.1. The summed E-state index contributed by atoms with van der Waals surface area (Å²) < 4.78 is 0. The highest BCUT2D eigenvalue weighted by Crippen LogP contribution is 2.21. The van der Waals surface area contributed by atoms with E-state index in [-0.39, 0.29) is 12.0 Å². The zero-order chi connectivity index (χ0) is 13.0. The molecule has 2 unspecified atom stereocenters. The second-order valence-corrected chi connectivity index (χ2v) is 6.54. The lowest BCUT2D eigenvalue weighted by atomic mass is 9.92. The predicted octanol–water partition coefficient (Wildman–Crippen LogP) is 0.701. The smallest absolute Gasteiger partial charge is 0.224 e. The molecule has 2 atom stereocenters. The number of aliphatic hydroxyl groups is 1. The highest BCUT2D eigenvalue weighted by atomic mass is 32.2. The van der Waals surface area contributed by atoms with Gasteiger partial charge in [-0.05, 0) is 25.7 Å². The summed E-state index contributed by atoms with van der Waals surface area (Å²) in [6.45, 7) is 4.50.